The minimum absolute atomic E-state index is 0.153. The van der Waals surface area contributed by atoms with Crippen molar-refractivity contribution in [3.63, 3.8) is 0 Å². The maximum Gasteiger partial charge on any atom is 0.244 e. The van der Waals surface area contributed by atoms with Crippen LogP contribution in [-0.2, 0) is 9.53 Å². The summed E-state index contributed by atoms with van der Waals surface area (Å²) in [6.07, 6.45) is 2.95. The zero-order valence-corrected chi connectivity index (χ0v) is 16.1. The molecule has 0 aromatic heterocycles. The Balaban J connectivity index is 1.60. The van der Waals surface area contributed by atoms with Crippen LogP contribution < -0.4 is 0 Å². The Morgan fingerprint density at radius 1 is 0.964 bits per heavy atom. The summed E-state index contributed by atoms with van der Waals surface area (Å²) in [6.45, 7) is 3.28. The first-order chi connectivity index (χ1) is 13.7. The van der Waals surface area contributed by atoms with Crippen LogP contribution in [-0.4, -0.2) is 48.5 Å². The van der Waals surface area contributed by atoms with Gasteiger partial charge in [-0.25, -0.2) is 4.39 Å². The summed E-state index contributed by atoms with van der Waals surface area (Å²) in [5.41, 5.74) is 1.55. The Morgan fingerprint density at radius 2 is 1.68 bits per heavy atom. The summed E-state index contributed by atoms with van der Waals surface area (Å²) in [4.78, 5) is 17.6. The van der Waals surface area contributed by atoms with Crippen molar-refractivity contribution in [2.45, 2.75) is 31.4 Å². The molecule has 0 bridgehead atoms. The number of amides is 1. The van der Waals surface area contributed by atoms with Crippen LogP contribution in [0.2, 0.25) is 0 Å². The van der Waals surface area contributed by atoms with Crippen molar-refractivity contribution in [3.05, 3.63) is 71.5 Å². The van der Waals surface area contributed by atoms with Gasteiger partial charge in [0.1, 0.15) is 11.9 Å². The number of likely N-dealkylation sites (tertiary alicyclic amines) is 1. The Labute approximate surface area is 165 Å². The third-order valence-electron chi connectivity index (χ3n) is 5.73. The fraction of sp³-hybridized carbons (Fsp3) is 0.435. The molecule has 2 atom stereocenters. The van der Waals surface area contributed by atoms with Crippen LogP contribution in [0.3, 0.4) is 0 Å². The maximum atomic E-state index is 14.3. The molecule has 2 aromatic rings. The first-order valence-electron chi connectivity index (χ1n) is 10.2. The number of rotatable bonds is 4. The number of nitrogens with zero attached hydrogens (tertiary/aromatic N) is 2. The quantitative estimate of drug-likeness (QED) is 0.803. The van der Waals surface area contributed by atoms with E-state index in [1.807, 2.05) is 41.3 Å². The number of piperidine rings is 1. The van der Waals surface area contributed by atoms with Gasteiger partial charge >= 0.3 is 0 Å². The average molecular weight is 382 g/mol. The lowest BCUT2D eigenvalue weighted by Gasteiger charge is -2.40. The molecule has 0 N–H and O–H groups in total. The van der Waals surface area contributed by atoms with Crippen LogP contribution in [0.5, 0.6) is 0 Å². The van der Waals surface area contributed by atoms with E-state index < -0.39 is 0 Å². The third-order valence-corrected chi connectivity index (χ3v) is 5.73. The van der Waals surface area contributed by atoms with E-state index in [0.717, 1.165) is 31.5 Å². The van der Waals surface area contributed by atoms with E-state index in [4.69, 9.17) is 4.74 Å². The van der Waals surface area contributed by atoms with Gasteiger partial charge in [-0.3, -0.25) is 9.69 Å². The molecule has 4 rings (SSSR count). The monoisotopic (exact) mass is 382 g/mol. The van der Waals surface area contributed by atoms with Crippen LogP contribution in [0.1, 0.15) is 42.5 Å². The molecular weight excluding hydrogens is 355 g/mol. The number of benzene rings is 2. The maximum absolute atomic E-state index is 14.3. The van der Waals surface area contributed by atoms with Crippen LogP contribution >= 0.6 is 0 Å². The molecule has 2 aliphatic heterocycles. The van der Waals surface area contributed by atoms with Gasteiger partial charge in [0.25, 0.3) is 0 Å². The predicted octanol–water partition coefficient (Wildman–Crippen LogP) is 3.95. The highest BCUT2D eigenvalue weighted by Crippen LogP contribution is 2.31. The highest BCUT2D eigenvalue weighted by molar-refractivity contribution is 5.83. The van der Waals surface area contributed by atoms with Crippen molar-refractivity contribution in [1.29, 1.82) is 0 Å². The fourth-order valence-corrected chi connectivity index (χ4v) is 4.26. The van der Waals surface area contributed by atoms with Crippen molar-refractivity contribution in [2.24, 2.45) is 0 Å². The van der Waals surface area contributed by atoms with Crippen LogP contribution in [0.4, 0.5) is 4.39 Å². The highest BCUT2D eigenvalue weighted by atomic mass is 19.1. The number of halogens is 1. The molecule has 2 aromatic carbocycles. The molecule has 4 nitrogen and oxygen atoms in total. The first-order valence-corrected chi connectivity index (χ1v) is 10.2. The van der Waals surface area contributed by atoms with E-state index in [1.54, 1.807) is 12.1 Å². The van der Waals surface area contributed by atoms with Crippen molar-refractivity contribution in [1.82, 2.24) is 9.80 Å². The Hall–Kier alpha value is -2.24. The number of morpholine rings is 1. The van der Waals surface area contributed by atoms with E-state index in [1.165, 1.54) is 12.5 Å². The molecule has 28 heavy (non-hydrogen) atoms. The summed E-state index contributed by atoms with van der Waals surface area (Å²) in [6, 6.07) is 16.3. The molecule has 0 radical (unpaired) electrons. The lowest BCUT2D eigenvalue weighted by atomic mass is 9.99. The lowest BCUT2D eigenvalue weighted by Crippen LogP contribution is -2.49. The zero-order chi connectivity index (χ0) is 19.3. The van der Waals surface area contributed by atoms with Gasteiger partial charge in [-0.2, -0.15) is 0 Å². The second-order valence-corrected chi connectivity index (χ2v) is 7.58. The Morgan fingerprint density at radius 3 is 2.43 bits per heavy atom. The van der Waals surface area contributed by atoms with Crippen molar-refractivity contribution >= 4 is 5.91 Å². The fourth-order valence-electron chi connectivity index (χ4n) is 4.26. The topological polar surface area (TPSA) is 32.8 Å². The number of ether oxygens (including phenoxy) is 1. The number of carbonyl (C=O) groups excluding carboxylic acids is 1. The van der Waals surface area contributed by atoms with Gasteiger partial charge in [-0.15, -0.1) is 0 Å². The molecule has 0 spiro atoms. The van der Waals surface area contributed by atoms with Crippen LogP contribution in [0, 0.1) is 5.82 Å². The van der Waals surface area contributed by atoms with Gasteiger partial charge in [0.15, 0.2) is 0 Å². The van der Waals surface area contributed by atoms with E-state index in [2.05, 4.69) is 4.90 Å². The Kier molecular flexibility index (Phi) is 6.03. The SMILES string of the molecule is O=C(C(c1ccccc1)N1CCOC(c2ccccc2F)C1)N1CCCCC1. The molecule has 2 fully saturated rings. The lowest BCUT2D eigenvalue weighted by molar-refractivity contribution is -0.142. The number of carbonyl (C=O) groups is 1. The molecule has 2 saturated heterocycles. The van der Waals surface area contributed by atoms with Gasteiger partial charge in [0.2, 0.25) is 5.91 Å². The van der Waals surface area contributed by atoms with Crippen LogP contribution in [0.25, 0.3) is 0 Å². The molecule has 0 aliphatic carbocycles. The van der Waals surface area contributed by atoms with Crippen LogP contribution in [0.15, 0.2) is 54.6 Å². The van der Waals surface area contributed by atoms with E-state index in [-0.39, 0.29) is 23.9 Å². The first kappa shape index (κ1) is 19.1. The minimum Gasteiger partial charge on any atom is -0.371 e. The molecule has 2 heterocycles. The van der Waals surface area contributed by atoms with Crippen molar-refractivity contribution < 1.29 is 13.9 Å². The molecule has 148 valence electrons. The van der Waals surface area contributed by atoms with Gasteiger partial charge in [-0.1, -0.05) is 48.5 Å². The van der Waals surface area contributed by atoms with Gasteiger partial charge in [0, 0.05) is 31.7 Å². The molecule has 5 heteroatoms. The summed E-state index contributed by atoms with van der Waals surface area (Å²) in [5.74, 6) is -0.104. The van der Waals surface area contributed by atoms with E-state index >= 15 is 0 Å². The van der Waals surface area contributed by atoms with Gasteiger partial charge < -0.3 is 9.64 Å². The third kappa shape index (κ3) is 4.10. The largest absolute Gasteiger partial charge is 0.371 e. The molecular formula is C23H27FN2O2. The van der Waals surface area contributed by atoms with E-state index in [0.29, 0.717) is 25.3 Å². The normalized spacial score (nSPS) is 22.0. The summed E-state index contributed by atoms with van der Waals surface area (Å²) < 4.78 is 20.2. The highest BCUT2D eigenvalue weighted by Gasteiger charge is 2.35. The second kappa shape index (κ2) is 8.84. The minimum atomic E-state index is -0.365. The Bertz CT molecular complexity index is 792. The smallest absolute Gasteiger partial charge is 0.244 e. The van der Waals surface area contributed by atoms with Crippen molar-refractivity contribution in [3.8, 4) is 0 Å². The predicted molar refractivity (Wildman–Crippen MR) is 106 cm³/mol. The summed E-state index contributed by atoms with van der Waals surface area (Å²) in [5, 5.41) is 0. The standard InChI is InChI=1S/C23H27FN2O2/c24-20-12-6-5-11-19(20)21-17-26(15-16-28-21)22(18-9-3-1-4-10-18)23(27)25-13-7-2-8-14-25/h1,3-6,9-12,21-22H,2,7-8,13-17H2. The second-order valence-electron chi connectivity index (χ2n) is 7.58. The number of hydrogen-bond acceptors (Lipinski definition) is 3. The van der Waals surface area contributed by atoms with Crippen molar-refractivity contribution in [2.75, 3.05) is 32.8 Å². The number of hydrogen-bond donors (Lipinski definition) is 0. The zero-order valence-electron chi connectivity index (χ0n) is 16.1. The summed E-state index contributed by atoms with van der Waals surface area (Å²) in [7, 11) is 0. The van der Waals surface area contributed by atoms with Gasteiger partial charge in [0.05, 0.1) is 12.7 Å². The molecule has 1 amide bonds. The van der Waals surface area contributed by atoms with E-state index in [9.17, 15) is 9.18 Å². The summed E-state index contributed by atoms with van der Waals surface area (Å²) >= 11 is 0. The van der Waals surface area contributed by atoms with Gasteiger partial charge in [-0.05, 0) is 30.9 Å². The molecule has 2 aliphatic rings. The molecule has 0 saturated carbocycles. The molecule has 2 unspecified atom stereocenters. The average Bonchev–Trinajstić information content (AvgIpc) is 2.76.